The van der Waals surface area contributed by atoms with Gasteiger partial charge in [0.1, 0.15) is 0 Å². The Bertz CT molecular complexity index is 329. The molecule has 6 N–H and O–H groups in total. The SMILES string of the molecule is C=C(C)C(=O)O.C=C(C)C(=O)O.CC(CO)C(CO)(CO)CO. The second kappa shape index (κ2) is 13.9. The van der Waals surface area contributed by atoms with Crippen molar-refractivity contribution in [1.29, 1.82) is 0 Å². The van der Waals surface area contributed by atoms with Crippen molar-refractivity contribution >= 4 is 11.9 Å². The predicted octanol–water partition coefficient (Wildman–Crippen LogP) is -0.128. The lowest BCUT2D eigenvalue weighted by Crippen LogP contribution is -2.41. The molecule has 0 heterocycles. The molecule has 136 valence electrons. The highest BCUT2D eigenvalue weighted by Crippen LogP contribution is 2.25. The molecule has 0 rings (SSSR count). The Morgan fingerprint density at radius 3 is 1.13 bits per heavy atom. The molecular weight excluding hydrogens is 308 g/mol. The summed E-state index contributed by atoms with van der Waals surface area (Å²) in [5.41, 5.74) is -0.598. The fraction of sp³-hybridized carbons (Fsp3) is 0.600. The van der Waals surface area contributed by atoms with Crippen molar-refractivity contribution in [1.82, 2.24) is 0 Å². The van der Waals surface area contributed by atoms with Gasteiger partial charge in [0.15, 0.2) is 0 Å². The summed E-state index contributed by atoms with van der Waals surface area (Å²) in [7, 11) is 0. The van der Waals surface area contributed by atoms with Gasteiger partial charge in [-0.15, -0.1) is 0 Å². The Balaban J connectivity index is -0.000000284. The van der Waals surface area contributed by atoms with Gasteiger partial charge in [0.2, 0.25) is 0 Å². The Kier molecular flexibility index (Phi) is 15.8. The van der Waals surface area contributed by atoms with Crippen LogP contribution < -0.4 is 0 Å². The van der Waals surface area contributed by atoms with Crippen molar-refractivity contribution in [2.24, 2.45) is 11.3 Å². The smallest absolute Gasteiger partial charge is 0.330 e. The zero-order chi connectivity index (χ0) is 19.2. The van der Waals surface area contributed by atoms with Crippen LogP contribution in [-0.2, 0) is 9.59 Å². The van der Waals surface area contributed by atoms with Gasteiger partial charge in [-0.05, 0) is 19.8 Å². The predicted molar refractivity (Wildman–Crippen MR) is 84.8 cm³/mol. The number of aliphatic hydroxyl groups excluding tert-OH is 4. The van der Waals surface area contributed by atoms with E-state index in [9.17, 15) is 9.59 Å². The third-order valence-electron chi connectivity index (χ3n) is 2.99. The molecule has 0 amide bonds. The van der Waals surface area contributed by atoms with Crippen molar-refractivity contribution in [3.8, 4) is 0 Å². The van der Waals surface area contributed by atoms with E-state index >= 15 is 0 Å². The third kappa shape index (κ3) is 12.5. The van der Waals surface area contributed by atoms with Crippen molar-refractivity contribution in [3.63, 3.8) is 0 Å². The molecule has 0 bridgehead atoms. The topological polar surface area (TPSA) is 156 Å². The lowest BCUT2D eigenvalue weighted by Gasteiger charge is -2.32. The van der Waals surface area contributed by atoms with Crippen LogP contribution >= 0.6 is 0 Å². The van der Waals surface area contributed by atoms with Crippen LogP contribution in [0.4, 0.5) is 0 Å². The van der Waals surface area contributed by atoms with E-state index in [2.05, 4.69) is 13.2 Å². The molecule has 8 heteroatoms. The van der Waals surface area contributed by atoms with E-state index < -0.39 is 17.4 Å². The van der Waals surface area contributed by atoms with Crippen LogP contribution in [0.3, 0.4) is 0 Å². The van der Waals surface area contributed by atoms with E-state index in [4.69, 9.17) is 30.6 Å². The first-order valence-electron chi connectivity index (χ1n) is 6.66. The fourth-order valence-corrected chi connectivity index (χ4v) is 0.811. The van der Waals surface area contributed by atoms with Crippen LogP contribution in [0.5, 0.6) is 0 Å². The molecule has 23 heavy (non-hydrogen) atoms. The summed E-state index contributed by atoms with van der Waals surface area (Å²) in [6.07, 6.45) is 0. The van der Waals surface area contributed by atoms with E-state index in [1.165, 1.54) is 13.8 Å². The highest BCUT2D eigenvalue weighted by molar-refractivity contribution is 5.85. The summed E-state index contributed by atoms with van der Waals surface area (Å²) in [6.45, 7) is 9.77. The Morgan fingerprint density at radius 2 is 1.09 bits per heavy atom. The first-order valence-corrected chi connectivity index (χ1v) is 6.66. The summed E-state index contributed by atoms with van der Waals surface area (Å²) in [6, 6.07) is 0. The molecule has 1 atom stereocenters. The first-order chi connectivity index (χ1) is 10.4. The number of carbonyl (C=O) groups is 2. The van der Waals surface area contributed by atoms with E-state index in [1.807, 2.05) is 0 Å². The van der Waals surface area contributed by atoms with Gasteiger partial charge in [-0.25, -0.2) is 9.59 Å². The maximum atomic E-state index is 9.60. The van der Waals surface area contributed by atoms with Crippen LogP contribution in [-0.4, -0.2) is 69.0 Å². The minimum absolute atomic E-state index is 0.151. The molecule has 8 nitrogen and oxygen atoms in total. The maximum absolute atomic E-state index is 9.60. The van der Waals surface area contributed by atoms with Gasteiger partial charge < -0.3 is 30.6 Å². The summed E-state index contributed by atoms with van der Waals surface area (Å²) < 4.78 is 0. The fourth-order valence-electron chi connectivity index (χ4n) is 0.811. The number of hydrogen-bond acceptors (Lipinski definition) is 6. The molecule has 0 saturated heterocycles. The van der Waals surface area contributed by atoms with Crippen molar-refractivity contribution in [2.75, 3.05) is 26.4 Å². The molecule has 0 aliphatic carbocycles. The van der Waals surface area contributed by atoms with Crippen molar-refractivity contribution in [2.45, 2.75) is 20.8 Å². The minimum atomic E-state index is -0.950. The average molecular weight is 336 g/mol. The largest absolute Gasteiger partial charge is 0.478 e. The highest BCUT2D eigenvalue weighted by atomic mass is 16.4. The van der Waals surface area contributed by atoms with Crippen LogP contribution in [0.2, 0.25) is 0 Å². The molecule has 0 saturated carbocycles. The van der Waals surface area contributed by atoms with Gasteiger partial charge in [0.25, 0.3) is 0 Å². The second-order valence-electron chi connectivity index (χ2n) is 5.09. The van der Waals surface area contributed by atoms with Crippen LogP contribution in [0.15, 0.2) is 24.3 Å². The van der Waals surface area contributed by atoms with Gasteiger partial charge in [-0.1, -0.05) is 20.1 Å². The number of hydrogen-bond donors (Lipinski definition) is 6. The molecule has 0 aromatic heterocycles. The van der Waals surface area contributed by atoms with Gasteiger partial charge >= 0.3 is 11.9 Å². The van der Waals surface area contributed by atoms with Crippen LogP contribution in [0, 0.1) is 11.3 Å². The maximum Gasteiger partial charge on any atom is 0.330 e. The highest BCUT2D eigenvalue weighted by Gasteiger charge is 2.34. The van der Waals surface area contributed by atoms with Gasteiger partial charge in [-0.3, -0.25) is 0 Å². The quantitative estimate of drug-likeness (QED) is 0.351. The first kappa shape index (κ1) is 26.2. The average Bonchev–Trinajstić information content (AvgIpc) is 2.50. The zero-order valence-electron chi connectivity index (χ0n) is 13.8. The Hall–Kier alpha value is -1.74. The van der Waals surface area contributed by atoms with Crippen LogP contribution in [0.1, 0.15) is 20.8 Å². The minimum Gasteiger partial charge on any atom is -0.478 e. The molecule has 0 aliphatic rings. The van der Waals surface area contributed by atoms with Crippen LogP contribution in [0.25, 0.3) is 0 Å². The standard InChI is InChI=1S/C7H16O4.2C4H6O2/c1-6(2-8)7(3-9,4-10)5-11;2*1-3(2)4(5)6/h6,8-11H,2-5H2,1H3;2*1H2,2H3,(H,5,6). The summed E-state index contributed by atoms with van der Waals surface area (Å²) in [4.78, 5) is 19.2. The van der Waals surface area contributed by atoms with Gasteiger partial charge in [0.05, 0.1) is 19.8 Å². The summed E-state index contributed by atoms with van der Waals surface area (Å²) >= 11 is 0. The molecular formula is C15H28O8. The van der Waals surface area contributed by atoms with Gasteiger partial charge in [0, 0.05) is 23.2 Å². The van der Waals surface area contributed by atoms with E-state index in [-0.39, 0.29) is 43.5 Å². The molecule has 0 aromatic rings. The lowest BCUT2D eigenvalue weighted by molar-refractivity contribution is -0.133. The Labute approximate surface area is 136 Å². The number of aliphatic carboxylic acids is 2. The number of carboxylic acid groups (broad SMARTS) is 2. The molecule has 0 aliphatic heterocycles. The monoisotopic (exact) mass is 336 g/mol. The normalized spacial score (nSPS) is 11.1. The third-order valence-corrected chi connectivity index (χ3v) is 2.99. The number of carboxylic acids is 2. The lowest BCUT2D eigenvalue weighted by atomic mass is 9.79. The van der Waals surface area contributed by atoms with E-state index in [1.54, 1.807) is 6.92 Å². The second-order valence-corrected chi connectivity index (χ2v) is 5.09. The molecule has 1 unspecified atom stereocenters. The molecule has 0 radical (unpaired) electrons. The Morgan fingerprint density at radius 1 is 0.870 bits per heavy atom. The number of aliphatic hydroxyl groups is 4. The van der Waals surface area contributed by atoms with E-state index in [0.717, 1.165) is 0 Å². The summed E-state index contributed by atoms with van der Waals surface area (Å²) in [5, 5.41) is 51.1. The molecule has 0 spiro atoms. The summed E-state index contributed by atoms with van der Waals surface area (Å²) in [5.74, 6) is -2.17. The van der Waals surface area contributed by atoms with Crippen molar-refractivity contribution < 1.29 is 40.2 Å². The zero-order valence-corrected chi connectivity index (χ0v) is 13.8. The van der Waals surface area contributed by atoms with E-state index in [0.29, 0.717) is 0 Å². The van der Waals surface area contributed by atoms with Gasteiger partial charge in [-0.2, -0.15) is 0 Å². The molecule has 0 aromatic carbocycles. The molecule has 0 fully saturated rings. The van der Waals surface area contributed by atoms with Crippen molar-refractivity contribution in [3.05, 3.63) is 24.3 Å². The number of rotatable bonds is 7.